The van der Waals surface area contributed by atoms with E-state index in [1.807, 2.05) is 16.8 Å². The molecule has 0 bridgehead atoms. The molecule has 1 saturated heterocycles. The summed E-state index contributed by atoms with van der Waals surface area (Å²) < 4.78 is 9.62. The molecule has 3 aromatic rings. The van der Waals surface area contributed by atoms with Crippen molar-refractivity contribution in [3.63, 3.8) is 0 Å². The standard InChI is InChI=1S/C19H28N8OS/c1-4-7-27-17(20-23-24-27)13-29-19-22-21-18(25-10-14(2)9-15(3)11-25)26(19)12-16-6-5-8-28-16/h5-6,8,14-15H,4,7,9-13H2,1-3H3. The molecule has 1 aliphatic heterocycles. The van der Waals surface area contributed by atoms with E-state index < -0.39 is 0 Å². The van der Waals surface area contributed by atoms with Crippen LogP contribution in [0, 0.1) is 11.8 Å². The molecule has 4 heterocycles. The van der Waals surface area contributed by atoms with Gasteiger partial charge < -0.3 is 9.32 Å². The Kier molecular flexibility index (Phi) is 6.17. The molecule has 3 aromatic heterocycles. The van der Waals surface area contributed by atoms with Gasteiger partial charge in [-0.15, -0.1) is 15.3 Å². The quantitative estimate of drug-likeness (QED) is 0.518. The molecule has 0 aliphatic carbocycles. The van der Waals surface area contributed by atoms with Gasteiger partial charge in [-0.3, -0.25) is 4.57 Å². The zero-order valence-corrected chi connectivity index (χ0v) is 18.0. The number of anilines is 1. The van der Waals surface area contributed by atoms with Gasteiger partial charge in [0.2, 0.25) is 5.95 Å². The molecule has 1 fully saturated rings. The number of aromatic nitrogens is 7. The molecule has 0 spiro atoms. The van der Waals surface area contributed by atoms with E-state index in [-0.39, 0.29) is 0 Å². The van der Waals surface area contributed by atoms with E-state index in [2.05, 4.69) is 56.0 Å². The molecule has 156 valence electrons. The summed E-state index contributed by atoms with van der Waals surface area (Å²) >= 11 is 1.61. The van der Waals surface area contributed by atoms with Gasteiger partial charge in [-0.2, -0.15) is 0 Å². The molecular weight excluding hydrogens is 388 g/mol. The van der Waals surface area contributed by atoms with Gasteiger partial charge in [-0.1, -0.05) is 32.5 Å². The number of piperidine rings is 1. The molecule has 9 nitrogen and oxygen atoms in total. The molecule has 0 N–H and O–H groups in total. The van der Waals surface area contributed by atoms with Crippen molar-refractivity contribution < 1.29 is 4.42 Å². The van der Waals surface area contributed by atoms with Crippen molar-refractivity contribution in [2.75, 3.05) is 18.0 Å². The second kappa shape index (κ2) is 8.98. The molecule has 2 atom stereocenters. The minimum atomic E-state index is 0.608. The van der Waals surface area contributed by atoms with E-state index in [1.165, 1.54) is 6.42 Å². The first-order valence-electron chi connectivity index (χ1n) is 10.2. The van der Waals surface area contributed by atoms with Crippen molar-refractivity contribution >= 4 is 17.7 Å². The Hall–Kier alpha value is -2.36. The second-order valence-corrected chi connectivity index (χ2v) is 8.85. The molecule has 0 radical (unpaired) electrons. The van der Waals surface area contributed by atoms with Crippen LogP contribution in [-0.2, 0) is 18.8 Å². The van der Waals surface area contributed by atoms with Gasteiger partial charge in [0.05, 0.1) is 18.6 Å². The third-order valence-corrected chi connectivity index (χ3v) is 6.08. The average molecular weight is 417 g/mol. The highest BCUT2D eigenvalue weighted by atomic mass is 32.2. The summed E-state index contributed by atoms with van der Waals surface area (Å²) in [4.78, 5) is 2.36. The lowest BCUT2D eigenvalue weighted by Crippen LogP contribution is -2.40. The highest BCUT2D eigenvalue weighted by Gasteiger charge is 2.27. The van der Waals surface area contributed by atoms with Crippen molar-refractivity contribution in [3.05, 3.63) is 30.0 Å². The first-order chi connectivity index (χ1) is 14.1. The van der Waals surface area contributed by atoms with Crippen LogP contribution in [0.2, 0.25) is 0 Å². The number of tetrazole rings is 1. The predicted octanol–water partition coefficient (Wildman–Crippen LogP) is 3.09. The van der Waals surface area contributed by atoms with E-state index in [9.17, 15) is 0 Å². The summed E-state index contributed by atoms with van der Waals surface area (Å²) in [6.07, 6.45) is 3.95. The lowest BCUT2D eigenvalue weighted by Gasteiger charge is -2.35. The highest BCUT2D eigenvalue weighted by Crippen LogP contribution is 2.30. The maximum absolute atomic E-state index is 5.61. The van der Waals surface area contributed by atoms with Crippen LogP contribution in [0.5, 0.6) is 0 Å². The summed E-state index contributed by atoms with van der Waals surface area (Å²) in [5, 5.41) is 22.0. The molecule has 0 amide bonds. The first-order valence-corrected chi connectivity index (χ1v) is 11.2. The third kappa shape index (κ3) is 4.63. The average Bonchev–Trinajstić information content (AvgIpc) is 3.42. The largest absolute Gasteiger partial charge is 0.467 e. The van der Waals surface area contributed by atoms with E-state index in [0.717, 1.165) is 48.7 Å². The van der Waals surface area contributed by atoms with Crippen LogP contribution >= 0.6 is 11.8 Å². The Morgan fingerprint density at radius 1 is 1.17 bits per heavy atom. The number of furan rings is 1. The number of rotatable bonds is 8. The lowest BCUT2D eigenvalue weighted by atomic mass is 9.92. The summed E-state index contributed by atoms with van der Waals surface area (Å²) in [6, 6.07) is 3.90. The molecule has 4 rings (SSSR count). The first kappa shape index (κ1) is 19.9. The van der Waals surface area contributed by atoms with Gasteiger partial charge >= 0.3 is 0 Å². The lowest BCUT2D eigenvalue weighted by molar-refractivity contribution is 0.350. The molecule has 0 saturated carbocycles. The van der Waals surface area contributed by atoms with Gasteiger partial charge in [0.15, 0.2) is 11.0 Å². The third-order valence-electron chi connectivity index (χ3n) is 5.11. The van der Waals surface area contributed by atoms with Crippen LogP contribution in [-0.4, -0.2) is 48.1 Å². The smallest absolute Gasteiger partial charge is 0.228 e. The second-order valence-electron chi connectivity index (χ2n) is 7.91. The fourth-order valence-electron chi connectivity index (χ4n) is 3.99. The minimum absolute atomic E-state index is 0.608. The van der Waals surface area contributed by atoms with Crippen molar-refractivity contribution in [3.8, 4) is 0 Å². The SMILES string of the molecule is CCCn1nnnc1CSc1nnc(N2CC(C)CC(C)C2)n1Cc1ccco1. The van der Waals surface area contributed by atoms with Crippen LogP contribution in [0.15, 0.2) is 28.0 Å². The normalized spacial score (nSPS) is 19.8. The Morgan fingerprint density at radius 3 is 2.72 bits per heavy atom. The molecule has 29 heavy (non-hydrogen) atoms. The van der Waals surface area contributed by atoms with Crippen molar-refractivity contribution in [1.82, 2.24) is 35.0 Å². The van der Waals surface area contributed by atoms with Gasteiger partial charge in [0.25, 0.3) is 0 Å². The zero-order valence-electron chi connectivity index (χ0n) is 17.2. The van der Waals surface area contributed by atoms with Crippen molar-refractivity contribution in [2.24, 2.45) is 11.8 Å². The van der Waals surface area contributed by atoms with Gasteiger partial charge in [0, 0.05) is 19.6 Å². The van der Waals surface area contributed by atoms with E-state index in [1.54, 1.807) is 18.0 Å². The van der Waals surface area contributed by atoms with Crippen LogP contribution in [0.25, 0.3) is 0 Å². The van der Waals surface area contributed by atoms with Gasteiger partial charge in [-0.25, -0.2) is 4.68 Å². The van der Waals surface area contributed by atoms with Crippen molar-refractivity contribution in [1.29, 1.82) is 0 Å². The summed E-state index contributed by atoms with van der Waals surface area (Å²) in [7, 11) is 0. The maximum atomic E-state index is 5.61. The van der Waals surface area contributed by atoms with Crippen LogP contribution in [0.3, 0.4) is 0 Å². The Bertz CT molecular complexity index is 895. The number of nitrogens with zero attached hydrogens (tertiary/aromatic N) is 8. The fraction of sp³-hybridized carbons (Fsp3) is 0.632. The summed E-state index contributed by atoms with van der Waals surface area (Å²) in [5.74, 6) is 4.59. The minimum Gasteiger partial charge on any atom is -0.467 e. The Balaban J connectivity index is 1.57. The maximum Gasteiger partial charge on any atom is 0.228 e. The highest BCUT2D eigenvalue weighted by molar-refractivity contribution is 7.98. The Labute approximate surface area is 174 Å². The molecule has 10 heteroatoms. The molecule has 1 aliphatic rings. The summed E-state index contributed by atoms with van der Waals surface area (Å²) in [6.45, 7) is 10.2. The topological polar surface area (TPSA) is 90.7 Å². The predicted molar refractivity (Wildman–Crippen MR) is 111 cm³/mol. The summed E-state index contributed by atoms with van der Waals surface area (Å²) in [5.41, 5.74) is 0. The molecular formula is C19H28N8OS. The Morgan fingerprint density at radius 2 is 2.00 bits per heavy atom. The monoisotopic (exact) mass is 416 g/mol. The van der Waals surface area contributed by atoms with E-state index >= 15 is 0 Å². The number of hydrogen-bond donors (Lipinski definition) is 0. The molecule has 0 aromatic carbocycles. The fourth-order valence-corrected chi connectivity index (χ4v) is 4.85. The van der Waals surface area contributed by atoms with E-state index in [4.69, 9.17) is 4.42 Å². The van der Waals surface area contributed by atoms with Crippen LogP contribution < -0.4 is 4.90 Å². The number of aryl methyl sites for hydroxylation is 1. The van der Waals surface area contributed by atoms with Gasteiger partial charge in [-0.05, 0) is 47.2 Å². The number of hydrogen-bond acceptors (Lipinski definition) is 8. The van der Waals surface area contributed by atoms with Crippen LogP contribution in [0.4, 0.5) is 5.95 Å². The zero-order chi connectivity index (χ0) is 20.2. The number of thioether (sulfide) groups is 1. The van der Waals surface area contributed by atoms with Crippen molar-refractivity contribution in [2.45, 2.75) is 57.6 Å². The van der Waals surface area contributed by atoms with Gasteiger partial charge in [0.1, 0.15) is 5.76 Å². The van der Waals surface area contributed by atoms with Crippen LogP contribution in [0.1, 0.15) is 45.2 Å². The molecule has 2 unspecified atom stereocenters. The van der Waals surface area contributed by atoms with E-state index in [0.29, 0.717) is 24.1 Å².